The van der Waals surface area contributed by atoms with E-state index < -0.39 is 53.9 Å². The number of Topliss-reactive ketones (excluding diaryl/α,β-unsaturated/α-hetero) is 1. The number of carbonyl (C=O) groups is 4. The molecule has 1 aliphatic heterocycles. The molecule has 10 heteroatoms. The Labute approximate surface area is 327 Å². The van der Waals surface area contributed by atoms with Gasteiger partial charge in [0.05, 0.1) is 16.7 Å². The van der Waals surface area contributed by atoms with E-state index >= 15 is 0 Å². The predicted molar refractivity (Wildman–Crippen MR) is 210 cm³/mol. The average Bonchev–Trinajstić information content (AvgIpc) is 3.23. The molecule has 2 fully saturated rings. The highest BCUT2D eigenvalue weighted by atomic mass is 32.2. The molecule has 0 amide bonds. The number of ether oxygens (including phenoxy) is 5. The van der Waals surface area contributed by atoms with Crippen LogP contribution in [0.5, 0.6) is 0 Å². The van der Waals surface area contributed by atoms with Gasteiger partial charge in [0, 0.05) is 6.42 Å². The van der Waals surface area contributed by atoms with Gasteiger partial charge in [-0.05, 0) is 60.1 Å². The summed E-state index contributed by atoms with van der Waals surface area (Å²) in [6, 6.07) is 35.1. The van der Waals surface area contributed by atoms with Gasteiger partial charge < -0.3 is 23.7 Å². The summed E-state index contributed by atoms with van der Waals surface area (Å²) < 4.78 is 32.0. The molecule has 1 saturated heterocycles. The number of hydrogen-bond donors (Lipinski definition) is 0. The summed E-state index contributed by atoms with van der Waals surface area (Å²) in [5.41, 5.74) is 0.965. The molecule has 0 bridgehead atoms. The van der Waals surface area contributed by atoms with E-state index in [9.17, 15) is 19.2 Å². The van der Waals surface area contributed by atoms with E-state index in [0.717, 1.165) is 37.7 Å². The van der Waals surface area contributed by atoms with Crippen molar-refractivity contribution < 1.29 is 42.9 Å². The van der Waals surface area contributed by atoms with Crippen LogP contribution in [-0.4, -0.2) is 72.0 Å². The van der Waals surface area contributed by atoms with Crippen LogP contribution in [-0.2, 0) is 34.9 Å². The summed E-state index contributed by atoms with van der Waals surface area (Å²) in [4.78, 5) is 55.3. The smallest absolute Gasteiger partial charge is 0.338 e. The van der Waals surface area contributed by atoms with Gasteiger partial charge >= 0.3 is 17.9 Å². The minimum Gasteiger partial charge on any atom is -0.459 e. The molecule has 288 valence electrons. The molecule has 4 aromatic rings. The standard InChI is InChI=1S/C45H48O9S/c1-2-55-45-41(54-44(49)35-26-16-7-17-27-35)40(51-37(29-32-20-10-4-11-21-32)36(46)28-31-18-8-3-9-19-31)39(53-43(48)34-24-14-6-15-25-34)38(52-45)30-50-42(47)33-22-12-5-13-23-33/h3,5-9,12-19,22-27,32,37-41,45H,2,4,10-11,20-21,28-30H2,1H3/t37-,38?,39?,40?,41?,45?/m0/s1. The molecule has 0 aromatic heterocycles. The SMILES string of the molecule is CCSC1OC(COC(=O)c2ccccc2)C(OC(=O)c2ccccc2)C(O[C@@H](CC2CCCCC2)C(=O)Cc2ccccc2)C1OC(=O)c1ccccc1. The summed E-state index contributed by atoms with van der Waals surface area (Å²) in [7, 11) is 0. The maximum atomic E-state index is 14.4. The van der Waals surface area contributed by atoms with Gasteiger partial charge in [-0.3, -0.25) is 4.79 Å². The van der Waals surface area contributed by atoms with Crippen LogP contribution in [0.1, 0.15) is 82.1 Å². The van der Waals surface area contributed by atoms with E-state index in [1.165, 1.54) is 11.8 Å². The fourth-order valence-corrected chi connectivity index (χ4v) is 8.12. The van der Waals surface area contributed by atoms with E-state index in [1.807, 2.05) is 37.3 Å². The number of carbonyl (C=O) groups excluding carboxylic acids is 4. The molecule has 0 N–H and O–H groups in total. The Kier molecular flexibility index (Phi) is 14.7. The quantitative estimate of drug-likeness (QED) is 0.0816. The molecule has 4 aromatic carbocycles. The molecule has 2 aliphatic rings. The number of benzene rings is 4. The number of esters is 3. The van der Waals surface area contributed by atoms with Gasteiger partial charge in [0.25, 0.3) is 0 Å². The highest BCUT2D eigenvalue weighted by Gasteiger charge is 2.53. The van der Waals surface area contributed by atoms with Crippen LogP contribution in [0.4, 0.5) is 0 Å². The van der Waals surface area contributed by atoms with E-state index in [2.05, 4.69) is 0 Å². The predicted octanol–water partition coefficient (Wildman–Crippen LogP) is 8.31. The zero-order chi connectivity index (χ0) is 38.4. The first-order valence-corrected chi connectivity index (χ1v) is 20.2. The number of ketones is 1. The van der Waals surface area contributed by atoms with Crippen LogP contribution in [0.15, 0.2) is 121 Å². The lowest BCUT2D eigenvalue weighted by Gasteiger charge is -2.46. The summed E-state index contributed by atoms with van der Waals surface area (Å²) in [6.45, 7) is 1.65. The third kappa shape index (κ3) is 11.2. The molecule has 1 heterocycles. The Morgan fingerprint density at radius 2 is 1.16 bits per heavy atom. The normalized spacial score (nSPS) is 21.9. The maximum Gasteiger partial charge on any atom is 0.338 e. The lowest BCUT2D eigenvalue weighted by Crippen LogP contribution is -2.62. The highest BCUT2D eigenvalue weighted by Crippen LogP contribution is 2.37. The second kappa shape index (κ2) is 20.2. The Morgan fingerprint density at radius 1 is 0.655 bits per heavy atom. The van der Waals surface area contributed by atoms with Gasteiger partial charge in [0.2, 0.25) is 0 Å². The molecular formula is C45H48O9S. The van der Waals surface area contributed by atoms with Gasteiger partial charge in [-0.1, -0.05) is 124 Å². The lowest BCUT2D eigenvalue weighted by molar-refractivity contribution is -0.231. The summed E-state index contributed by atoms with van der Waals surface area (Å²) in [5, 5.41) is 0. The minimum atomic E-state index is -1.25. The molecule has 0 radical (unpaired) electrons. The summed E-state index contributed by atoms with van der Waals surface area (Å²) in [6.07, 6.45) is 0.317. The Hall–Kier alpha value is -4.77. The van der Waals surface area contributed by atoms with E-state index in [1.54, 1.807) is 91.0 Å². The van der Waals surface area contributed by atoms with Crippen LogP contribution >= 0.6 is 11.8 Å². The van der Waals surface area contributed by atoms with Crippen LogP contribution in [0.3, 0.4) is 0 Å². The first-order chi connectivity index (χ1) is 26.9. The number of thioether (sulfide) groups is 1. The fraction of sp³-hybridized carbons (Fsp3) is 0.378. The van der Waals surface area contributed by atoms with Crippen molar-refractivity contribution in [3.05, 3.63) is 144 Å². The molecule has 6 rings (SSSR count). The first kappa shape index (κ1) is 39.9. The zero-order valence-electron chi connectivity index (χ0n) is 31.0. The van der Waals surface area contributed by atoms with Crippen molar-refractivity contribution in [3.63, 3.8) is 0 Å². The van der Waals surface area contributed by atoms with E-state index in [0.29, 0.717) is 23.3 Å². The molecule has 1 saturated carbocycles. The average molecular weight is 765 g/mol. The molecule has 55 heavy (non-hydrogen) atoms. The molecule has 0 spiro atoms. The van der Waals surface area contributed by atoms with Crippen LogP contribution in [0.2, 0.25) is 0 Å². The van der Waals surface area contributed by atoms with E-state index in [-0.39, 0.29) is 30.3 Å². The van der Waals surface area contributed by atoms with Gasteiger partial charge in [-0.25, -0.2) is 14.4 Å². The van der Waals surface area contributed by atoms with Crippen molar-refractivity contribution in [2.75, 3.05) is 12.4 Å². The van der Waals surface area contributed by atoms with Gasteiger partial charge in [0.15, 0.2) is 18.0 Å². The Balaban J connectivity index is 1.40. The second-order valence-corrected chi connectivity index (χ2v) is 15.3. The minimum absolute atomic E-state index is 0.128. The van der Waals surface area contributed by atoms with Gasteiger partial charge in [0.1, 0.15) is 30.4 Å². The van der Waals surface area contributed by atoms with Crippen molar-refractivity contribution in [1.29, 1.82) is 0 Å². The zero-order valence-corrected chi connectivity index (χ0v) is 31.9. The van der Waals surface area contributed by atoms with Gasteiger partial charge in [-0.15, -0.1) is 11.8 Å². The third-order valence-corrected chi connectivity index (χ3v) is 11.0. The lowest BCUT2D eigenvalue weighted by atomic mass is 9.84. The van der Waals surface area contributed by atoms with Crippen molar-refractivity contribution in [2.24, 2.45) is 5.92 Å². The Morgan fingerprint density at radius 3 is 1.71 bits per heavy atom. The maximum absolute atomic E-state index is 14.4. The molecular weight excluding hydrogens is 717 g/mol. The van der Waals surface area contributed by atoms with Crippen molar-refractivity contribution in [2.45, 2.75) is 87.8 Å². The highest BCUT2D eigenvalue weighted by molar-refractivity contribution is 7.99. The molecule has 5 unspecified atom stereocenters. The Bertz CT molecular complexity index is 1820. The molecule has 1 aliphatic carbocycles. The van der Waals surface area contributed by atoms with Crippen molar-refractivity contribution in [3.8, 4) is 0 Å². The summed E-state index contributed by atoms with van der Waals surface area (Å²) in [5.74, 6) is -1.18. The topological polar surface area (TPSA) is 114 Å². The van der Waals surface area contributed by atoms with Crippen LogP contribution in [0, 0.1) is 5.92 Å². The third-order valence-electron chi connectivity index (χ3n) is 9.99. The fourth-order valence-electron chi connectivity index (χ4n) is 7.17. The first-order valence-electron chi connectivity index (χ1n) is 19.1. The molecule has 6 atom stereocenters. The number of rotatable bonds is 16. The monoisotopic (exact) mass is 764 g/mol. The molecule has 9 nitrogen and oxygen atoms in total. The number of hydrogen-bond acceptors (Lipinski definition) is 10. The largest absolute Gasteiger partial charge is 0.459 e. The van der Waals surface area contributed by atoms with Gasteiger partial charge in [-0.2, -0.15) is 0 Å². The van der Waals surface area contributed by atoms with Crippen LogP contribution in [0.25, 0.3) is 0 Å². The van der Waals surface area contributed by atoms with Crippen LogP contribution < -0.4 is 0 Å². The van der Waals surface area contributed by atoms with Crippen molar-refractivity contribution >= 4 is 35.5 Å². The summed E-state index contributed by atoms with van der Waals surface area (Å²) >= 11 is 1.38. The van der Waals surface area contributed by atoms with E-state index in [4.69, 9.17) is 23.7 Å². The van der Waals surface area contributed by atoms with Crippen molar-refractivity contribution in [1.82, 2.24) is 0 Å². The second-order valence-electron chi connectivity index (χ2n) is 13.9.